The van der Waals surface area contributed by atoms with Crippen LogP contribution in [0.3, 0.4) is 0 Å². The van der Waals surface area contributed by atoms with Crippen LogP contribution in [0.5, 0.6) is 6.01 Å². The van der Waals surface area contributed by atoms with Gasteiger partial charge in [-0.2, -0.15) is 4.98 Å². The van der Waals surface area contributed by atoms with Gasteiger partial charge in [-0.25, -0.2) is 4.79 Å². The van der Waals surface area contributed by atoms with Crippen LogP contribution in [0, 0.1) is 6.92 Å². The van der Waals surface area contributed by atoms with E-state index in [0.717, 1.165) is 16.7 Å². The SMILES string of the molecule is CCc1cc(=O)oc2nc(OCc3cccc(-c4ccc(C)cc4)c3)[nH]c(=O)c12. The molecule has 4 rings (SSSR count). The van der Waals surface area contributed by atoms with Gasteiger partial charge < -0.3 is 9.15 Å². The van der Waals surface area contributed by atoms with Gasteiger partial charge in [0.25, 0.3) is 11.6 Å². The van der Waals surface area contributed by atoms with Crippen LogP contribution in [-0.4, -0.2) is 9.97 Å². The lowest BCUT2D eigenvalue weighted by atomic mass is 10.0. The highest BCUT2D eigenvalue weighted by Gasteiger charge is 2.12. The minimum atomic E-state index is -0.538. The monoisotopic (exact) mass is 388 g/mol. The lowest BCUT2D eigenvalue weighted by Gasteiger charge is -2.08. The molecule has 29 heavy (non-hydrogen) atoms. The van der Waals surface area contributed by atoms with Gasteiger partial charge in [-0.15, -0.1) is 0 Å². The predicted molar refractivity (Wildman–Crippen MR) is 111 cm³/mol. The number of ether oxygens (including phenoxy) is 1. The summed E-state index contributed by atoms with van der Waals surface area (Å²) in [6, 6.07) is 17.6. The molecule has 1 N–H and O–H groups in total. The first kappa shape index (κ1) is 18.7. The van der Waals surface area contributed by atoms with Gasteiger partial charge in [-0.3, -0.25) is 9.78 Å². The average Bonchev–Trinajstić information content (AvgIpc) is 2.72. The number of nitrogens with zero attached hydrogens (tertiary/aromatic N) is 1. The molecule has 6 nitrogen and oxygen atoms in total. The van der Waals surface area contributed by atoms with Gasteiger partial charge in [0, 0.05) is 6.07 Å². The summed E-state index contributed by atoms with van der Waals surface area (Å²) in [5.74, 6) is 0. The zero-order chi connectivity index (χ0) is 20.4. The molecule has 0 amide bonds. The second-order valence-corrected chi connectivity index (χ2v) is 6.85. The lowest BCUT2D eigenvalue weighted by Crippen LogP contribution is -2.15. The Labute approximate surface area is 166 Å². The van der Waals surface area contributed by atoms with Crippen molar-refractivity contribution < 1.29 is 9.15 Å². The van der Waals surface area contributed by atoms with Crippen molar-refractivity contribution in [3.8, 4) is 17.1 Å². The van der Waals surface area contributed by atoms with Crippen LogP contribution in [0.25, 0.3) is 22.2 Å². The molecule has 0 aliphatic carbocycles. The fourth-order valence-corrected chi connectivity index (χ4v) is 3.21. The van der Waals surface area contributed by atoms with Crippen molar-refractivity contribution in [2.45, 2.75) is 26.9 Å². The normalized spacial score (nSPS) is 11.0. The molecule has 0 aliphatic rings. The number of benzene rings is 2. The summed E-state index contributed by atoms with van der Waals surface area (Å²) >= 11 is 0. The summed E-state index contributed by atoms with van der Waals surface area (Å²) in [5, 5.41) is 0.279. The van der Waals surface area contributed by atoms with Gasteiger partial charge in [-0.1, -0.05) is 55.0 Å². The van der Waals surface area contributed by atoms with Crippen LogP contribution in [-0.2, 0) is 13.0 Å². The average molecular weight is 388 g/mol. The fraction of sp³-hybridized carbons (Fsp3) is 0.174. The number of hydrogen-bond acceptors (Lipinski definition) is 5. The predicted octanol–water partition coefficient (Wildman–Crippen LogP) is 3.99. The number of rotatable bonds is 5. The second kappa shape index (κ2) is 7.75. The summed E-state index contributed by atoms with van der Waals surface area (Å²) in [6.45, 7) is 4.13. The number of aromatic amines is 1. The molecule has 0 saturated carbocycles. The highest BCUT2D eigenvalue weighted by molar-refractivity contribution is 5.75. The number of aromatic nitrogens is 2. The quantitative estimate of drug-likeness (QED) is 0.559. The first-order chi connectivity index (χ1) is 14.0. The van der Waals surface area contributed by atoms with Crippen molar-refractivity contribution in [3.05, 3.63) is 92.1 Å². The third kappa shape index (κ3) is 3.96. The van der Waals surface area contributed by atoms with Crippen molar-refractivity contribution in [1.82, 2.24) is 9.97 Å². The van der Waals surface area contributed by atoms with Gasteiger partial charge in [0.05, 0.1) is 0 Å². The van der Waals surface area contributed by atoms with Gasteiger partial charge in [-0.05, 0) is 41.7 Å². The topological polar surface area (TPSA) is 85.2 Å². The maximum Gasteiger partial charge on any atom is 0.337 e. The summed E-state index contributed by atoms with van der Waals surface area (Å²) in [5.41, 5.74) is 3.98. The number of fused-ring (bicyclic) bond motifs is 1. The molecule has 0 atom stereocenters. The molecule has 4 aromatic rings. The molecule has 0 fully saturated rings. The van der Waals surface area contributed by atoms with Crippen molar-refractivity contribution in [1.29, 1.82) is 0 Å². The third-order valence-electron chi connectivity index (χ3n) is 4.74. The molecular weight excluding hydrogens is 368 g/mol. The summed E-state index contributed by atoms with van der Waals surface area (Å²) in [4.78, 5) is 30.9. The first-order valence-corrected chi connectivity index (χ1v) is 9.39. The van der Waals surface area contributed by atoms with Gasteiger partial charge in [0.15, 0.2) is 0 Å². The van der Waals surface area contributed by atoms with E-state index >= 15 is 0 Å². The first-order valence-electron chi connectivity index (χ1n) is 9.39. The Bertz CT molecular complexity index is 1290. The Morgan fingerprint density at radius 1 is 1.03 bits per heavy atom. The number of hydrogen-bond donors (Lipinski definition) is 1. The zero-order valence-electron chi connectivity index (χ0n) is 16.2. The van der Waals surface area contributed by atoms with Crippen LogP contribution in [0.1, 0.15) is 23.6 Å². The Morgan fingerprint density at radius 2 is 1.83 bits per heavy atom. The summed E-state index contributed by atoms with van der Waals surface area (Å²) < 4.78 is 10.8. The molecule has 0 saturated heterocycles. The second-order valence-electron chi connectivity index (χ2n) is 6.85. The maximum absolute atomic E-state index is 12.4. The molecule has 2 aromatic heterocycles. The number of nitrogens with one attached hydrogen (secondary N) is 1. The summed E-state index contributed by atoms with van der Waals surface area (Å²) in [6.07, 6.45) is 0.527. The standard InChI is InChI=1S/C23H20N2O4/c1-3-16-12-19(26)29-22-20(16)21(27)24-23(25-22)28-13-15-5-4-6-18(11-15)17-9-7-14(2)8-10-17/h4-12H,3,13H2,1-2H3,(H,24,25,27). The van der Waals surface area contributed by atoms with Crippen molar-refractivity contribution in [2.75, 3.05) is 0 Å². The van der Waals surface area contributed by atoms with E-state index in [0.29, 0.717) is 12.0 Å². The maximum atomic E-state index is 12.4. The van der Waals surface area contributed by atoms with E-state index in [4.69, 9.17) is 9.15 Å². The molecule has 146 valence electrons. The van der Waals surface area contributed by atoms with Crippen molar-refractivity contribution in [2.24, 2.45) is 0 Å². The molecule has 0 radical (unpaired) electrons. The van der Waals surface area contributed by atoms with Gasteiger partial charge >= 0.3 is 5.63 Å². The van der Waals surface area contributed by atoms with E-state index in [1.165, 1.54) is 11.6 Å². The Kier molecular flexibility index (Phi) is 4.99. The van der Waals surface area contributed by atoms with Crippen molar-refractivity contribution in [3.63, 3.8) is 0 Å². The molecule has 2 aromatic carbocycles. The minimum Gasteiger partial charge on any atom is -0.460 e. The molecule has 0 bridgehead atoms. The molecular formula is C23H20N2O4. The van der Waals surface area contributed by atoms with Gasteiger partial charge in [0.2, 0.25) is 5.71 Å². The third-order valence-corrected chi connectivity index (χ3v) is 4.74. The van der Waals surface area contributed by atoms with Crippen LogP contribution in [0.15, 0.2) is 68.6 Å². The van der Waals surface area contributed by atoms with E-state index < -0.39 is 5.63 Å². The Hall–Kier alpha value is -3.67. The number of H-pyrrole nitrogens is 1. The van der Waals surface area contributed by atoms with E-state index in [9.17, 15) is 9.59 Å². The highest BCUT2D eigenvalue weighted by Crippen LogP contribution is 2.21. The summed E-state index contributed by atoms with van der Waals surface area (Å²) in [7, 11) is 0. The molecule has 0 unspecified atom stereocenters. The van der Waals surface area contributed by atoms with E-state index in [2.05, 4.69) is 41.2 Å². The molecule has 0 spiro atoms. The largest absolute Gasteiger partial charge is 0.460 e. The molecule has 6 heteroatoms. The smallest absolute Gasteiger partial charge is 0.337 e. The molecule has 0 aliphatic heterocycles. The Morgan fingerprint density at radius 3 is 2.59 bits per heavy atom. The molecule has 2 heterocycles. The van der Waals surface area contributed by atoms with E-state index in [-0.39, 0.29) is 29.3 Å². The van der Waals surface area contributed by atoms with Crippen LogP contribution < -0.4 is 15.9 Å². The van der Waals surface area contributed by atoms with Crippen LogP contribution in [0.2, 0.25) is 0 Å². The minimum absolute atomic E-state index is 0.0125. The lowest BCUT2D eigenvalue weighted by molar-refractivity contribution is 0.279. The van der Waals surface area contributed by atoms with Crippen molar-refractivity contribution >= 4 is 11.1 Å². The highest BCUT2D eigenvalue weighted by atomic mass is 16.5. The Balaban J connectivity index is 1.60. The van der Waals surface area contributed by atoms with E-state index in [1.807, 2.05) is 31.2 Å². The number of aryl methyl sites for hydroxylation is 2. The van der Waals surface area contributed by atoms with Gasteiger partial charge in [0.1, 0.15) is 12.0 Å². The zero-order valence-corrected chi connectivity index (χ0v) is 16.2. The fourth-order valence-electron chi connectivity index (χ4n) is 3.21. The van der Waals surface area contributed by atoms with Crippen LogP contribution in [0.4, 0.5) is 0 Å². The van der Waals surface area contributed by atoms with E-state index in [1.54, 1.807) is 0 Å². The van der Waals surface area contributed by atoms with Crippen LogP contribution >= 0.6 is 0 Å².